The van der Waals surface area contributed by atoms with Gasteiger partial charge in [0.1, 0.15) is 5.82 Å². The number of carboxylic acids is 1. The Labute approximate surface area is 98.7 Å². The minimum absolute atomic E-state index is 0.0883. The van der Waals surface area contributed by atoms with Gasteiger partial charge in [-0.1, -0.05) is 18.2 Å². The van der Waals surface area contributed by atoms with Crippen molar-refractivity contribution in [1.29, 1.82) is 0 Å². The predicted molar refractivity (Wildman–Crippen MR) is 59.2 cm³/mol. The Morgan fingerprint density at radius 3 is 2.65 bits per heavy atom. The van der Waals surface area contributed by atoms with Crippen LogP contribution in [0.3, 0.4) is 0 Å². The van der Waals surface area contributed by atoms with E-state index < -0.39 is 17.4 Å². The van der Waals surface area contributed by atoms with Crippen LogP contribution >= 0.6 is 0 Å². The summed E-state index contributed by atoms with van der Waals surface area (Å²) in [6.45, 7) is 0.981. The lowest BCUT2D eigenvalue weighted by Gasteiger charge is -2.25. The molecule has 2 N–H and O–H groups in total. The lowest BCUT2D eigenvalue weighted by atomic mass is 9.96. The van der Waals surface area contributed by atoms with E-state index >= 15 is 0 Å². The lowest BCUT2D eigenvalue weighted by molar-refractivity contribution is -0.164. The van der Waals surface area contributed by atoms with Crippen LogP contribution in [-0.2, 0) is 16.0 Å². The highest BCUT2D eigenvalue weighted by Gasteiger charge is 2.35. The van der Waals surface area contributed by atoms with Crippen molar-refractivity contribution >= 4 is 5.97 Å². The third-order valence-electron chi connectivity index (χ3n) is 2.45. The van der Waals surface area contributed by atoms with E-state index in [9.17, 15) is 9.18 Å². The second-order valence-electron chi connectivity index (χ2n) is 3.88. The largest absolute Gasteiger partial charge is 0.479 e. The molecule has 1 aromatic carbocycles. The molecule has 0 spiro atoms. The van der Waals surface area contributed by atoms with Gasteiger partial charge >= 0.3 is 5.97 Å². The molecule has 1 aromatic rings. The fourth-order valence-electron chi connectivity index (χ4n) is 1.46. The van der Waals surface area contributed by atoms with Crippen molar-refractivity contribution in [2.75, 3.05) is 13.2 Å². The van der Waals surface area contributed by atoms with Crippen LogP contribution in [0.5, 0.6) is 0 Å². The van der Waals surface area contributed by atoms with Crippen LogP contribution in [-0.4, -0.2) is 35.0 Å². The van der Waals surface area contributed by atoms with Crippen LogP contribution in [0.15, 0.2) is 24.3 Å². The van der Waals surface area contributed by atoms with Gasteiger partial charge in [0.25, 0.3) is 0 Å². The van der Waals surface area contributed by atoms with E-state index in [0.29, 0.717) is 0 Å². The van der Waals surface area contributed by atoms with Crippen LogP contribution in [0.1, 0.15) is 12.5 Å². The van der Waals surface area contributed by atoms with E-state index in [-0.39, 0.29) is 25.2 Å². The molecule has 94 valence electrons. The molecular formula is C12H15FO4. The van der Waals surface area contributed by atoms with Crippen molar-refractivity contribution in [2.24, 2.45) is 0 Å². The summed E-state index contributed by atoms with van der Waals surface area (Å²) < 4.78 is 18.5. The summed E-state index contributed by atoms with van der Waals surface area (Å²) in [5.41, 5.74) is -1.26. The summed E-state index contributed by atoms with van der Waals surface area (Å²) >= 11 is 0. The summed E-state index contributed by atoms with van der Waals surface area (Å²) in [6.07, 6.45) is -0.0883. The molecule has 0 aromatic heterocycles. The number of aliphatic hydroxyl groups is 1. The topological polar surface area (TPSA) is 66.8 Å². The Bertz CT molecular complexity index is 394. The Morgan fingerprint density at radius 1 is 1.47 bits per heavy atom. The number of ether oxygens (including phenoxy) is 1. The first-order valence-electron chi connectivity index (χ1n) is 5.21. The van der Waals surface area contributed by atoms with E-state index in [2.05, 4.69) is 0 Å². The van der Waals surface area contributed by atoms with E-state index in [4.69, 9.17) is 14.9 Å². The molecule has 0 bridgehead atoms. The third kappa shape index (κ3) is 3.51. The molecule has 0 fully saturated rings. The third-order valence-corrected chi connectivity index (χ3v) is 2.45. The van der Waals surface area contributed by atoms with E-state index in [1.54, 1.807) is 6.07 Å². The first-order chi connectivity index (χ1) is 7.99. The number of rotatable bonds is 6. The smallest absolute Gasteiger partial charge is 0.336 e. The Balaban J connectivity index is 2.87. The van der Waals surface area contributed by atoms with Gasteiger partial charge in [0.05, 0.1) is 13.2 Å². The van der Waals surface area contributed by atoms with Crippen molar-refractivity contribution in [2.45, 2.75) is 18.9 Å². The second kappa shape index (κ2) is 5.75. The molecule has 0 aliphatic rings. The number of benzene rings is 1. The molecule has 1 atom stereocenters. The number of hydrogen-bond acceptors (Lipinski definition) is 3. The van der Waals surface area contributed by atoms with Gasteiger partial charge in [-0.05, 0) is 18.6 Å². The quantitative estimate of drug-likeness (QED) is 0.787. The highest BCUT2D eigenvalue weighted by Crippen LogP contribution is 2.20. The molecule has 4 nitrogen and oxygen atoms in total. The van der Waals surface area contributed by atoms with Crippen LogP contribution in [0, 0.1) is 5.82 Å². The minimum atomic E-state index is -1.54. The van der Waals surface area contributed by atoms with Crippen molar-refractivity contribution in [3.8, 4) is 0 Å². The molecule has 1 unspecified atom stereocenters. The lowest BCUT2D eigenvalue weighted by Crippen LogP contribution is -2.41. The van der Waals surface area contributed by atoms with E-state index in [1.807, 2.05) is 0 Å². The van der Waals surface area contributed by atoms with Gasteiger partial charge in [0, 0.05) is 6.42 Å². The zero-order valence-corrected chi connectivity index (χ0v) is 9.52. The average molecular weight is 242 g/mol. The number of carbonyl (C=O) groups is 1. The fraction of sp³-hybridized carbons (Fsp3) is 0.417. The molecular weight excluding hydrogens is 227 g/mol. The summed E-state index contributed by atoms with van der Waals surface area (Å²) in [5, 5.41) is 17.7. The number of hydrogen-bond donors (Lipinski definition) is 2. The van der Waals surface area contributed by atoms with Gasteiger partial charge in [-0.25, -0.2) is 9.18 Å². The standard InChI is InChI=1S/C12H15FO4/c1-12(11(15)16,17-7-6-14)8-9-4-2-3-5-10(9)13/h2-5,14H,6-8H2,1H3,(H,15,16). The molecule has 0 saturated carbocycles. The highest BCUT2D eigenvalue weighted by molar-refractivity contribution is 5.77. The molecule has 1 rings (SSSR count). The zero-order valence-electron chi connectivity index (χ0n) is 9.52. The van der Waals surface area contributed by atoms with Crippen molar-refractivity contribution in [1.82, 2.24) is 0 Å². The second-order valence-corrected chi connectivity index (χ2v) is 3.88. The van der Waals surface area contributed by atoms with E-state index in [0.717, 1.165) is 0 Å². The molecule has 0 heterocycles. The molecule has 0 saturated heterocycles. The SMILES string of the molecule is CC(Cc1ccccc1F)(OCCO)C(=O)O. The summed E-state index contributed by atoms with van der Waals surface area (Å²) in [7, 11) is 0. The van der Waals surface area contributed by atoms with Crippen LogP contribution in [0.4, 0.5) is 4.39 Å². The number of halogens is 1. The number of carboxylic acid groups (broad SMARTS) is 1. The Kier molecular flexibility index (Phi) is 4.60. The van der Waals surface area contributed by atoms with Crippen LogP contribution in [0.2, 0.25) is 0 Å². The Morgan fingerprint density at radius 2 is 2.12 bits per heavy atom. The molecule has 0 aliphatic carbocycles. The molecule has 0 radical (unpaired) electrons. The maximum absolute atomic E-state index is 13.4. The number of aliphatic carboxylic acids is 1. The first kappa shape index (κ1) is 13.6. The van der Waals surface area contributed by atoms with Crippen molar-refractivity contribution in [3.63, 3.8) is 0 Å². The Hall–Kier alpha value is -1.46. The molecule has 0 aliphatic heterocycles. The first-order valence-corrected chi connectivity index (χ1v) is 5.21. The van der Waals surface area contributed by atoms with Gasteiger partial charge in [0.15, 0.2) is 5.60 Å². The summed E-state index contributed by atoms with van der Waals surface area (Å²) in [4.78, 5) is 11.1. The molecule has 5 heteroatoms. The van der Waals surface area contributed by atoms with Crippen LogP contribution < -0.4 is 0 Å². The van der Waals surface area contributed by atoms with Crippen molar-refractivity contribution in [3.05, 3.63) is 35.6 Å². The summed E-state index contributed by atoms with van der Waals surface area (Å²) in [6, 6.07) is 5.95. The monoisotopic (exact) mass is 242 g/mol. The van der Waals surface area contributed by atoms with Gasteiger partial charge in [0.2, 0.25) is 0 Å². The van der Waals surface area contributed by atoms with Crippen molar-refractivity contribution < 1.29 is 24.1 Å². The molecule has 17 heavy (non-hydrogen) atoms. The van der Waals surface area contributed by atoms with Gasteiger partial charge in [-0.3, -0.25) is 0 Å². The summed E-state index contributed by atoms with van der Waals surface area (Å²) in [5.74, 6) is -1.65. The maximum Gasteiger partial charge on any atom is 0.336 e. The fourth-order valence-corrected chi connectivity index (χ4v) is 1.46. The maximum atomic E-state index is 13.4. The normalized spacial score (nSPS) is 14.3. The zero-order chi connectivity index (χ0) is 12.9. The van der Waals surface area contributed by atoms with Gasteiger partial charge < -0.3 is 14.9 Å². The van der Waals surface area contributed by atoms with Gasteiger partial charge in [-0.15, -0.1) is 0 Å². The van der Waals surface area contributed by atoms with E-state index in [1.165, 1.54) is 25.1 Å². The number of aliphatic hydroxyl groups excluding tert-OH is 1. The van der Waals surface area contributed by atoms with Gasteiger partial charge in [-0.2, -0.15) is 0 Å². The minimum Gasteiger partial charge on any atom is -0.479 e. The highest BCUT2D eigenvalue weighted by atomic mass is 19.1. The molecule has 0 amide bonds. The average Bonchev–Trinajstić information content (AvgIpc) is 2.29. The van der Waals surface area contributed by atoms with Crippen LogP contribution in [0.25, 0.3) is 0 Å². The predicted octanol–water partition coefficient (Wildman–Crippen LogP) is 1.22.